The SMILES string of the molecule is O=[N+]([O-])c1ccc(NCCC[NH+]2CCOCC2)[nH+]c1. The van der Waals surface area contributed by atoms with Crippen molar-refractivity contribution in [1.82, 2.24) is 0 Å². The molecule has 0 amide bonds. The van der Waals surface area contributed by atoms with Gasteiger partial charge in [-0.2, -0.15) is 0 Å². The summed E-state index contributed by atoms with van der Waals surface area (Å²) in [4.78, 5) is 14.5. The van der Waals surface area contributed by atoms with Gasteiger partial charge in [-0.05, 0) is 0 Å². The fourth-order valence-electron chi connectivity index (χ4n) is 2.11. The van der Waals surface area contributed by atoms with Crippen LogP contribution in [0.1, 0.15) is 6.42 Å². The highest BCUT2D eigenvalue weighted by Gasteiger charge is 2.13. The summed E-state index contributed by atoms with van der Waals surface area (Å²) in [6.45, 7) is 5.88. The molecule has 0 unspecified atom stereocenters. The maximum absolute atomic E-state index is 10.5. The van der Waals surface area contributed by atoms with Gasteiger partial charge in [0.15, 0.2) is 6.20 Å². The summed E-state index contributed by atoms with van der Waals surface area (Å²) in [5, 5.41) is 13.7. The fourth-order valence-corrected chi connectivity index (χ4v) is 2.11. The Morgan fingerprint density at radius 1 is 1.42 bits per heavy atom. The second-order valence-electron chi connectivity index (χ2n) is 4.61. The Balaban J connectivity index is 1.66. The van der Waals surface area contributed by atoms with Crippen LogP contribution in [-0.4, -0.2) is 44.3 Å². The average Bonchev–Trinajstić information content (AvgIpc) is 2.45. The van der Waals surface area contributed by atoms with Crippen LogP contribution >= 0.6 is 0 Å². The van der Waals surface area contributed by atoms with Gasteiger partial charge in [-0.15, -0.1) is 0 Å². The minimum Gasteiger partial charge on any atom is -0.370 e. The van der Waals surface area contributed by atoms with Crippen LogP contribution in [0.4, 0.5) is 11.5 Å². The van der Waals surface area contributed by atoms with E-state index in [1.807, 2.05) is 0 Å². The first kappa shape index (κ1) is 13.7. The molecule has 1 aromatic heterocycles. The molecule has 1 saturated heterocycles. The standard InChI is InChI=1S/C12H18N4O3/c17-16(18)11-2-3-12(14-10-11)13-4-1-5-15-6-8-19-9-7-15/h2-3,10H,1,4-9H2,(H,13,14)/p+2. The molecule has 1 aromatic rings. The van der Waals surface area contributed by atoms with Crippen molar-refractivity contribution in [2.45, 2.75) is 6.42 Å². The van der Waals surface area contributed by atoms with Crippen LogP contribution in [0.3, 0.4) is 0 Å². The molecule has 0 aliphatic carbocycles. The molecule has 19 heavy (non-hydrogen) atoms. The normalized spacial score (nSPS) is 16.2. The van der Waals surface area contributed by atoms with Crippen LogP contribution in [0.5, 0.6) is 0 Å². The zero-order valence-electron chi connectivity index (χ0n) is 10.9. The highest BCUT2D eigenvalue weighted by atomic mass is 16.6. The number of pyridine rings is 1. The summed E-state index contributed by atoms with van der Waals surface area (Å²) in [5.74, 6) is 0.808. The molecule has 1 fully saturated rings. The highest BCUT2D eigenvalue weighted by Crippen LogP contribution is 2.07. The molecule has 7 heteroatoms. The molecule has 0 saturated carbocycles. The number of hydrogen-bond acceptors (Lipinski definition) is 4. The number of anilines is 1. The minimum atomic E-state index is -0.415. The van der Waals surface area contributed by atoms with Gasteiger partial charge < -0.3 is 9.64 Å². The third kappa shape index (κ3) is 4.46. The summed E-state index contributed by atoms with van der Waals surface area (Å²) in [7, 11) is 0. The molecule has 7 nitrogen and oxygen atoms in total. The van der Waals surface area contributed by atoms with Crippen molar-refractivity contribution in [3.05, 3.63) is 28.4 Å². The Kier molecular flexibility index (Phi) is 5.05. The zero-order valence-corrected chi connectivity index (χ0v) is 10.9. The summed E-state index contributed by atoms with van der Waals surface area (Å²) in [5.41, 5.74) is 0.0725. The Morgan fingerprint density at radius 3 is 2.84 bits per heavy atom. The van der Waals surface area contributed by atoms with Crippen molar-refractivity contribution in [3.63, 3.8) is 0 Å². The maximum Gasteiger partial charge on any atom is 0.308 e. The lowest BCUT2D eigenvalue weighted by atomic mass is 10.3. The fraction of sp³-hybridized carbons (Fsp3) is 0.583. The van der Waals surface area contributed by atoms with Gasteiger partial charge in [-0.25, -0.2) is 4.98 Å². The molecular formula is C12H20N4O3+2. The molecule has 1 aliphatic rings. The molecule has 2 rings (SSSR count). The largest absolute Gasteiger partial charge is 0.370 e. The van der Waals surface area contributed by atoms with E-state index >= 15 is 0 Å². The van der Waals surface area contributed by atoms with E-state index in [0.717, 1.165) is 51.6 Å². The van der Waals surface area contributed by atoms with E-state index in [-0.39, 0.29) is 5.69 Å². The van der Waals surface area contributed by atoms with Gasteiger partial charge in [0.2, 0.25) is 0 Å². The second kappa shape index (κ2) is 7.01. The number of aromatic nitrogens is 1. The van der Waals surface area contributed by atoms with Crippen molar-refractivity contribution in [2.24, 2.45) is 0 Å². The number of nitrogens with zero attached hydrogens (tertiary/aromatic N) is 1. The van der Waals surface area contributed by atoms with Crippen LogP contribution < -0.4 is 15.2 Å². The van der Waals surface area contributed by atoms with Gasteiger partial charge in [0, 0.05) is 18.6 Å². The van der Waals surface area contributed by atoms with Gasteiger partial charge in [0.05, 0.1) is 31.2 Å². The lowest BCUT2D eigenvalue weighted by molar-refractivity contribution is -0.908. The van der Waals surface area contributed by atoms with Crippen LogP contribution in [-0.2, 0) is 4.74 Å². The summed E-state index contributed by atoms with van der Waals surface area (Å²) in [6.07, 6.45) is 2.47. The maximum atomic E-state index is 10.5. The molecule has 0 spiro atoms. The molecule has 104 valence electrons. The van der Waals surface area contributed by atoms with Crippen molar-refractivity contribution >= 4 is 11.5 Å². The number of nitrogens with one attached hydrogen (secondary N) is 3. The van der Waals surface area contributed by atoms with E-state index < -0.39 is 4.92 Å². The van der Waals surface area contributed by atoms with E-state index in [0.29, 0.717) is 0 Å². The van der Waals surface area contributed by atoms with E-state index in [1.54, 1.807) is 11.0 Å². The average molecular weight is 268 g/mol. The molecular weight excluding hydrogens is 248 g/mol. The second-order valence-corrected chi connectivity index (χ2v) is 4.61. The Morgan fingerprint density at radius 2 is 2.21 bits per heavy atom. The number of morpholine rings is 1. The van der Waals surface area contributed by atoms with Crippen molar-refractivity contribution in [1.29, 1.82) is 0 Å². The predicted octanol–water partition coefficient (Wildman–Crippen LogP) is -0.874. The molecule has 0 bridgehead atoms. The smallest absolute Gasteiger partial charge is 0.308 e. The molecule has 3 N–H and O–H groups in total. The predicted molar refractivity (Wildman–Crippen MR) is 69.1 cm³/mol. The van der Waals surface area contributed by atoms with Crippen molar-refractivity contribution in [3.8, 4) is 0 Å². The molecule has 0 radical (unpaired) electrons. The Labute approximate surface area is 111 Å². The molecule has 0 atom stereocenters. The van der Waals surface area contributed by atoms with Gasteiger partial charge in [0.1, 0.15) is 13.1 Å². The van der Waals surface area contributed by atoms with Crippen LogP contribution in [0.25, 0.3) is 0 Å². The first-order chi connectivity index (χ1) is 9.25. The van der Waals surface area contributed by atoms with E-state index in [2.05, 4.69) is 10.3 Å². The van der Waals surface area contributed by atoms with Crippen LogP contribution in [0.2, 0.25) is 0 Å². The monoisotopic (exact) mass is 268 g/mol. The number of ether oxygens (including phenoxy) is 1. The first-order valence-electron chi connectivity index (χ1n) is 6.57. The first-order valence-corrected chi connectivity index (χ1v) is 6.57. The highest BCUT2D eigenvalue weighted by molar-refractivity contribution is 5.33. The van der Waals surface area contributed by atoms with Crippen molar-refractivity contribution < 1.29 is 19.5 Å². The van der Waals surface area contributed by atoms with Gasteiger partial charge in [-0.1, -0.05) is 0 Å². The third-order valence-corrected chi connectivity index (χ3v) is 3.23. The van der Waals surface area contributed by atoms with Gasteiger partial charge in [0.25, 0.3) is 5.82 Å². The number of aromatic amines is 1. The van der Waals surface area contributed by atoms with Gasteiger partial charge in [-0.3, -0.25) is 15.4 Å². The van der Waals surface area contributed by atoms with Crippen LogP contribution in [0, 0.1) is 10.1 Å². The van der Waals surface area contributed by atoms with Crippen LogP contribution in [0.15, 0.2) is 18.3 Å². The number of nitro groups is 1. The van der Waals surface area contributed by atoms with E-state index in [1.165, 1.54) is 12.3 Å². The number of hydrogen-bond donors (Lipinski definition) is 2. The third-order valence-electron chi connectivity index (χ3n) is 3.23. The minimum absolute atomic E-state index is 0.0725. The molecule has 1 aliphatic heterocycles. The van der Waals surface area contributed by atoms with Crippen molar-refractivity contribution in [2.75, 3.05) is 44.7 Å². The molecule has 0 aromatic carbocycles. The van der Waals surface area contributed by atoms with Gasteiger partial charge >= 0.3 is 5.69 Å². The lowest BCUT2D eigenvalue weighted by Gasteiger charge is -2.23. The van der Waals surface area contributed by atoms with E-state index in [9.17, 15) is 10.1 Å². The summed E-state index contributed by atoms with van der Waals surface area (Å²) in [6, 6.07) is 3.19. The summed E-state index contributed by atoms with van der Waals surface area (Å²) >= 11 is 0. The summed E-state index contributed by atoms with van der Waals surface area (Å²) < 4.78 is 5.31. The number of quaternary nitrogens is 1. The Bertz CT molecular complexity index is 404. The van der Waals surface area contributed by atoms with E-state index in [4.69, 9.17) is 4.74 Å². The number of H-pyrrole nitrogens is 1. The molecule has 2 heterocycles. The quantitative estimate of drug-likeness (QED) is 0.399. The topological polar surface area (TPSA) is 83.0 Å². The Hall–Kier alpha value is -1.73. The number of rotatable bonds is 6. The zero-order chi connectivity index (χ0) is 13.5. The lowest BCUT2D eigenvalue weighted by Crippen LogP contribution is -3.14.